The second-order valence-corrected chi connectivity index (χ2v) is 14.3. The van der Waals surface area contributed by atoms with Crippen LogP contribution in [0.25, 0.3) is 0 Å². The van der Waals surface area contributed by atoms with Gasteiger partial charge in [0, 0.05) is 23.9 Å². The molecular formula is C36H35N3O9S. The number of nitrogens with zero attached hydrogens (tertiary/aromatic N) is 2. The summed E-state index contributed by atoms with van der Waals surface area (Å²) in [5.74, 6) is -2.90. The van der Waals surface area contributed by atoms with Crippen LogP contribution in [0.1, 0.15) is 44.4 Å². The third-order valence-electron chi connectivity index (χ3n) is 8.19. The maximum atomic E-state index is 14.3. The van der Waals surface area contributed by atoms with Crippen molar-refractivity contribution in [2.75, 3.05) is 17.2 Å². The molecule has 3 N–H and O–H groups in total. The molecule has 3 heterocycles. The van der Waals surface area contributed by atoms with Crippen molar-refractivity contribution >= 4 is 40.4 Å². The first kappa shape index (κ1) is 33.5. The van der Waals surface area contributed by atoms with Crippen LogP contribution >= 0.6 is 0 Å². The molecule has 3 aromatic rings. The third-order valence-corrected chi connectivity index (χ3v) is 9.81. The number of nitrogens with one attached hydrogen (secondary N) is 1. The van der Waals surface area contributed by atoms with Gasteiger partial charge in [-0.25, -0.2) is 9.59 Å². The molecule has 0 spiro atoms. The minimum atomic E-state index is -1.79. The number of β-lactam (4-membered cyclic amide) rings is 1. The Morgan fingerprint density at radius 2 is 1.59 bits per heavy atom. The van der Waals surface area contributed by atoms with Gasteiger partial charge >= 0.3 is 12.1 Å². The van der Waals surface area contributed by atoms with Crippen LogP contribution in [-0.4, -0.2) is 72.5 Å². The van der Waals surface area contributed by atoms with Crippen molar-refractivity contribution < 1.29 is 43.1 Å². The zero-order valence-electron chi connectivity index (χ0n) is 27.0. The van der Waals surface area contributed by atoms with Gasteiger partial charge in [0.2, 0.25) is 0 Å². The van der Waals surface area contributed by atoms with Gasteiger partial charge in [-0.1, -0.05) is 60.7 Å². The van der Waals surface area contributed by atoms with E-state index in [-0.39, 0.29) is 47.1 Å². The minimum absolute atomic E-state index is 0.169. The molecule has 3 aliphatic rings. The molecule has 6 rings (SSSR count). The molecule has 3 atom stereocenters. The molecule has 254 valence electrons. The average Bonchev–Trinajstić information content (AvgIpc) is 3.42. The smallest absolute Gasteiger partial charge is 0.408 e. The van der Waals surface area contributed by atoms with Gasteiger partial charge in [-0.3, -0.25) is 18.7 Å². The van der Waals surface area contributed by atoms with E-state index in [0.717, 1.165) is 4.90 Å². The van der Waals surface area contributed by atoms with Gasteiger partial charge in [-0.2, -0.15) is 0 Å². The number of allylic oxidation sites excluding steroid dienone is 1. The quantitative estimate of drug-likeness (QED) is 0.143. The fourth-order valence-corrected chi connectivity index (χ4v) is 7.60. The summed E-state index contributed by atoms with van der Waals surface area (Å²) >= 11 is 0. The Kier molecular flexibility index (Phi) is 9.04. The molecule has 0 saturated carbocycles. The first-order chi connectivity index (χ1) is 23.3. The zero-order valence-corrected chi connectivity index (χ0v) is 27.8. The number of anilines is 1. The van der Waals surface area contributed by atoms with Crippen LogP contribution in [0.3, 0.4) is 0 Å². The van der Waals surface area contributed by atoms with Crippen molar-refractivity contribution in [2.24, 2.45) is 0 Å². The molecule has 0 radical (unpaired) electrons. The number of carbonyl (C=O) groups excluding carboxylic acids is 4. The van der Waals surface area contributed by atoms with E-state index >= 15 is 0 Å². The summed E-state index contributed by atoms with van der Waals surface area (Å²) in [5.41, 5.74) is 1.14. The summed E-state index contributed by atoms with van der Waals surface area (Å²) in [6.07, 6.45) is -0.0147. The first-order valence-corrected chi connectivity index (χ1v) is 17.0. The van der Waals surface area contributed by atoms with E-state index in [0.29, 0.717) is 16.8 Å². The first-order valence-electron chi connectivity index (χ1n) is 15.6. The summed E-state index contributed by atoms with van der Waals surface area (Å²) in [5, 5.41) is 21.1. The number of rotatable bonds is 7. The van der Waals surface area contributed by atoms with Crippen LogP contribution in [0.15, 0.2) is 102 Å². The molecule has 0 aliphatic carbocycles. The molecule has 13 heteroatoms. The summed E-state index contributed by atoms with van der Waals surface area (Å²) in [7, 11) is -1.79. The van der Waals surface area contributed by atoms with E-state index in [1.54, 1.807) is 20.8 Å². The van der Waals surface area contributed by atoms with E-state index in [4.69, 9.17) is 9.47 Å². The normalized spacial score (nSPS) is 21.5. The Morgan fingerprint density at radius 1 is 0.959 bits per heavy atom. The number of fused-ring (bicyclic) bond motifs is 1. The number of hydrogen-bond acceptors (Lipinski definition) is 9. The molecule has 3 aromatic carbocycles. The Balaban J connectivity index is 1.38. The Morgan fingerprint density at radius 3 is 2.18 bits per heavy atom. The van der Waals surface area contributed by atoms with Crippen molar-refractivity contribution in [3.8, 4) is 11.5 Å². The second kappa shape index (κ2) is 13.2. The molecule has 3 amide bonds. The molecule has 2 saturated heterocycles. The topological polar surface area (TPSA) is 163 Å². The molecule has 0 bridgehead atoms. The van der Waals surface area contributed by atoms with Crippen molar-refractivity contribution in [3.63, 3.8) is 0 Å². The Hall–Kier alpha value is -5.43. The highest BCUT2D eigenvalue weighted by Crippen LogP contribution is 2.39. The van der Waals surface area contributed by atoms with Crippen LogP contribution in [0.4, 0.5) is 10.5 Å². The van der Waals surface area contributed by atoms with Crippen molar-refractivity contribution in [1.29, 1.82) is 0 Å². The lowest BCUT2D eigenvalue weighted by Gasteiger charge is -2.49. The van der Waals surface area contributed by atoms with Crippen LogP contribution in [0.2, 0.25) is 0 Å². The second-order valence-electron chi connectivity index (χ2n) is 12.8. The SMILES string of the molecule is CC(C)(C)OC(=O)N[C@@H]1C(=O)N2C(C(=O)OC(c3ccccc3)c3ccccc3)=C(/C=C3\CCN(c4ccc(O)c(O)c4)C3=O)CS(=O)[C@H]12. The Bertz CT molecular complexity index is 1860. The fraction of sp³-hybridized carbons (Fsp3) is 0.278. The molecular weight excluding hydrogens is 650 g/mol. The highest BCUT2D eigenvalue weighted by atomic mass is 32.2. The number of hydrogen-bond donors (Lipinski definition) is 3. The maximum absolute atomic E-state index is 14.3. The predicted octanol–water partition coefficient (Wildman–Crippen LogP) is 4.17. The number of phenols is 2. The van der Waals surface area contributed by atoms with Gasteiger partial charge in [0.15, 0.2) is 17.6 Å². The lowest BCUT2D eigenvalue weighted by Crippen LogP contribution is -2.73. The maximum Gasteiger partial charge on any atom is 0.408 e. The summed E-state index contributed by atoms with van der Waals surface area (Å²) in [4.78, 5) is 56.6. The van der Waals surface area contributed by atoms with Gasteiger partial charge in [0.1, 0.15) is 22.7 Å². The number of ether oxygens (including phenoxy) is 2. The number of amides is 3. The lowest BCUT2D eigenvalue weighted by molar-refractivity contribution is -0.153. The summed E-state index contributed by atoms with van der Waals surface area (Å²) < 4.78 is 25.1. The summed E-state index contributed by atoms with van der Waals surface area (Å²) in [6.45, 7) is 5.25. The largest absolute Gasteiger partial charge is 0.504 e. The number of phenolic OH excluding ortho intramolecular Hbond substituents is 2. The molecule has 1 unspecified atom stereocenters. The predicted molar refractivity (Wildman–Crippen MR) is 179 cm³/mol. The number of aromatic hydroxyl groups is 2. The van der Waals surface area contributed by atoms with E-state index in [1.165, 1.54) is 29.2 Å². The average molecular weight is 686 g/mol. The molecule has 3 aliphatic heterocycles. The van der Waals surface area contributed by atoms with Crippen LogP contribution in [-0.2, 0) is 34.7 Å². The molecule has 0 aromatic heterocycles. The van der Waals surface area contributed by atoms with Gasteiger partial charge in [0.05, 0.1) is 16.6 Å². The monoisotopic (exact) mass is 685 g/mol. The van der Waals surface area contributed by atoms with E-state index in [2.05, 4.69) is 5.32 Å². The molecule has 2 fully saturated rings. The Labute approximate surface area is 285 Å². The fourth-order valence-electron chi connectivity index (χ4n) is 5.97. The highest BCUT2D eigenvalue weighted by molar-refractivity contribution is 7.86. The van der Waals surface area contributed by atoms with Crippen molar-refractivity contribution in [3.05, 3.63) is 113 Å². The molecule has 49 heavy (non-hydrogen) atoms. The number of alkyl carbamates (subject to hydrolysis) is 1. The van der Waals surface area contributed by atoms with Gasteiger partial charge in [-0.05, 0) is 62.1 Å². The highest BCUT2D eigenvalue weighted by Gasteiger charge is 2.58. The van der Waals surface area contributed by atoms with Gasteiger partial charge in [-0.15, -0.1) is 0 Å². The third kappa shape index (κ3) is 6.79. The lowest BCUT2D eigenvalue weighted by atomic mass is 10.00. The van der Waals surface area contributed by atoms with Crippen molar-refractivity contribution in [2.45, 2.75) is 50.3 Å². The number of esters is 1. The van der Waals surface area contributed by atoms with Gasteiger partial charge < -0.3 is 29.9 Å². The summed E-state index contributed by atoms with van der Waals surface area (Å²) in [6, 6.07) is 21.0. The van der Waals surface area contributed by atoms with Crippen molar-refractivity contribution in [1.82, 2.24) is 10.2 Å². The minimum Gasteiger partial charge on any atom is -0.504 e. The van der Waals surface area contributed by atoms with Crippen LogP contribution in [0, 0.1) is 0 Å². The van der Waals surface area contributed by atoms with Crippen LogP contribution in [0.5, 0.6) is 11.5 Å². The van der Waals surface area contributed by atoms with Crippen LogP contribution < -0.4 is 10.2 Å². The standard InChI is InChI=1S/C36H35N3O9S/c1-36(2,3)48-35(45)37-28-32(43)39-29(34(44)47-30(21-10-6-4-7-11-21)22-12-8-5-9-13-22)24(20-49(46)33(28)39)18-23-16-17-38(31(23)42)25-14-15-26(40)27(41)19-25/h4-15,18-19,28,30,33,40-41H,16-17,20H2,1-3H3,(H,37,45)/b23-18+/t28-,33-,49?/m1/s1. The molecule has 12 nitrogen and oxygen atoms in total. The van der Waals surface area contributed by atoms with Gasteiger partial charge in [0.25, 0.3) is 11.8 Å². The van der Waals surface area contributed by atoms with E-state index in [1.807, 2.05) is 60.7 Å². The van der Waals surface area contributed by atoms with E-state index in [9.17, 15) is 33.6 Å². The van der Waals surface area contributed by atoms with E-state index < -0.39 is 57.8 Å². The zero-order chi connectivity index (χ0) is 35.0. The number of carbonyl (C=O) groups is 4. The number of benzene rings is 3.